The van der Waals surface area contributed by atoms with Gasteiger partial charge in [0.2, 0.25) is 0 Å². The van der Waals surface area contributed by atoms with Crippen LogP contribution >= 0.6 is 0 Å². The van der Waals surface area contributed by atoms with Crippen molar-refractivity contribution < 1.29 is 20.1 Å². The molecule has 0 saturated carbocycles. The molecule has 0 fully saturated rings. The summed E-state index contributed by atoms with van der Waals surface area (Å²) in [4.78, 5) is 20.6. The summed E-state index contributed by atoms with van der Waals surface area (Å²) in [5.41, 5.74) is 15.1. The van der Waals surface area contributed by atoms with Gasteiger partial charge in [-0.1, -0.05) is 0 Å². The molecule has 0 aliphatic carbocycles. The number of fused-ring (bicyclic) bond motifs is 1. The summed E-state index contributed by atoms with van der Waals surface area (Å²) in [6, 6.07) is 13.8. The van der Waals surface area contributed by atoms with Crippen molar-refractivity contribution >= 4 is 28.4 Å². The van der Waals surface area contributed by atoms with Crippen LogP contribution in [0.25, 0.3) is 33.5 Å². The highest BCUT2D eigenvalue weighted by atomic mass is 16.4. The van der Waals surface area contributed by atoms with E-state index in [0.717, 1.165) is 0 Å². The van der Waals surface area contributed by atoms with Gasteiger partial charge in [0.25, 0.3) is 0 Å². The van der Waals surface area contributed by atoms with Crippen LogP contribution in [0.2, 0.25) is 0 Å². The summed E-state index contributed by atoms with van der Waals surface area (Å²) in [5, 5.41) is 28.7. The Hall–Kier alpha value is -4.33. The Bertz CT molecular complexity index is 1290. The topological polar surface area (TPSA) is 156 Å². The van der Waals surface area contributed by atoms with E-state index in [2.05, 4.69) is 9.97 Å². The van der Waals surface area contributed by atoms with Crippen LogP contribution in [0, 0.1) is 0 Å². The summed E-state index contributed by atoms with van der Waals surface area (Å²) < 4.78 is 0. The average Bonchev–Trinajstić information content (AvgIpc) is 2.70. The van der Waals surface area contributed by atoms with Crippen molar-refractivity contribution in [3.05, 3.63) is 60.2 Å². The van der Waals surface area contributed by atoms with E-state index in [1.807, 2.05) is 0 Å². The van der Waals surface area contributed by atoms with E-state index in [0.29, 0.717) is 33.5 Å². The first-order valence-electron chi connectivity index (χ1n) is 8.56. The number of benzene rings is 3. The van der Waals surface area contributed by atoms with Crippen LogP contribution in [0.3, 0.4) is 0 Å². The number of carbonyl (C=O) groups is 1. The van der Waals surface area contributed by atoms with Crippen LogP contribution in [0.1, 0.15) is 10.4 Å². The van der Waals surface area contributed by atoms with Gasteiger partial charge in [-0.3, -0.25) is 0 Å². The van der Waals surface area contributed by atoms with Crippen LogP contribution in [-0.2, 0) is 0 Å². The van der Waals surface area contributed by atoms with E-state index < -0.39 is 5.97 Å². The monoisotopic (exact) mass is 388 g/mol. The number of nitrogens with zero attached hydrogens (tertiary/aromatic N) is 2. The lowest BCUT2D eigenvalue weighted by molar-refractivity contribution is 0.0697. The molecule has 144 valence electrons. The van der Waals surface area contributed by atoms with E-state index in [4.69, 9.17) is 11.5 Å². The number of nitrogens with two attached hydrogens (primary N) is 2. The van der Waals surface area contributed by atoms with Gasteiger partial charge in [-0.25, -0.2) is 14.8 Å². The number of anilines is 2. The number of hydrogen-bond donors (Lipinski definition) is 5. The van der Waals surface area contributed by atoms with Crippen LogP contribution in [0.4, 0.5) is 11.4 Å². The smallest absolute Gasteiger partial charge is 0.335 e. The molecule has 0 bridgehead atoms. The second-order valence-corrected chi connectivity index (χ2v) is 6.48. The van der Waals surface area contributed by atoms with Gasteiger partial charge in [0.15, 0.2) is 0 Å². The number of phenols is 2. The molecule has 3 aromatic carbocycles. The predicted molar refractivity (Wildman–Crippen MR) is 110 cm³/mol. The predicted octanol–water partition coefficient (Wildman–Crippen LogP) is 3.24. The second-order valence-electron chi connectivity index (χ2n) is 6.48. The molecule has 4 rings (SSSR count). The van der Waals surface area contributed by atoms with Crippen LogP contribution in [0.5, 0.6) is 11.5 Å². The number of nitrogen functional groups attached to an aromatic ring is 2. The average molecular weight is 388 g/mol. The van der Waals surface area contributed by atoms with E-state index in [-0.39, 0.29) is 28.4 Å². The maximum Gasteiger partial charge on any atom is 0.335 e. The van der Waals surface area contributed by atoms with Gasteiger partial charge >= 0.3 is 5.97 Å². The Morgan fingerprint density at radius 1 is 0.724 bits per heavy atom. The third-order valence-corrected chi connectivity index (χ3v) is 4.51. The highest BCUT2D eigenvalue weighted by molar-refractivity contribution is 5.94. The molecule has 0 aliphatic rings. The minimum Gasteiger partial charge on any atom is -0.506 e. The van der Waals surface area contributed by atoms with Gasteiger partial charge < -0.3 is 26.8 Å². The first-order valence-corrected chi connectivity index (χ1v) is 8.56. The van der Waals surface area contributed by atoms with Crippen LogP contribution in [-0.4, -0.2) is 31.3 Å². The number of carboxylic acids is 1. The molecule has 0 radical (unpaired) electrons. The normalized spacial score (nSPS) is 10.9. The highest BCUT2D eigenvalue weighted by Gasteiger charge is 2.16. The van der Waals surface area contributed by atoms with Gasteiger partial charge in [0, 0.05) is 11.1 Å². The number of aromatic hydroxyl groups is 2. The maximum atomic E-state index is 11.3. The Kier molecular flexibility index (Phi) is 4.16. The van der Waals surface area contributed by atoms with Gasteiger partial charge in [0.05, 0.1) is 39.4 Å². The van der Waals surface area contributed by atoms with E-state index >= 15 is 0 Å². The summed E-state index contributed by atoms with van der Waals surface area (Å²) in [7, 11) is 0. The Balaban J connectivity index is 2.03. The summed E-state index contributed by atoms with van der Waals surface area (Å²) in [6.45, 7) is 0. The molecule has 0 saturated heterocycles. The van der Waals surface area contributed by atoms with Gasteiger partial charge in [0.1, 0.15) is 11.5 Å². The molecular formula is C21H16N4O4. The first kappa shape index (κ1) is 18.1. The standard InChI is InChI=1S/C21H16N4O4/c22-13-7-10(2-5-17(13)26)19-20(11-3-6-18(27)14(23)8-11)25-16-9-12(21(28)29)1-4-15(16)24-19/h1-9,26-27H,22-23H2,(H,28,29). The lowest BCUT2D eigenvalue weighted by atomic mass is 10.0. The molecule has 8 heteroatoms. The lowest BCUT2D eigenvalue weighted by Gasteiger charge is -2.12. The molecule has 8 nitrogen and oxygen atoms in total. The first-order chi connectivity index (χ1) is 13.8. The molecule has 0 atom stereocenters. The number of carboxylic acid groups (broad SMARTS) is 1. The van der Waals surface area contributed by atoms with Crippen molar-refractivity contribution in [2.45, 2.75) is 0 Å². The fourth-order valence-electron chi connectivity index (χ4n) is 2.99. The minimum atomic E-state index is -1.07. The fourth-order valence-corrected chi connectivity index (χ4v) is 2.99. The Morgan fingerprint density at radius 2 is 1.24 bits per heavy atom. The van der Waals surface area contributed by atoms with E-state index in [9.17, 15) is 20.1 Å². The number of rotatable bonds is 3. The largest absolute Gasteiger partial charge is 0.506 e. The van der Waals surface area contributed by atoms with Crippen molar-refractivity contribution in [1.29, 1.82) is 0 Å². The second kappa shape index (κ2) is 6.68. The highest BCUT2D eigenvalue weighted by Crippen LogP contribution is 2.36. The van der Waals surface area contributed by atoms with Crippen molar-refractivity contribution in [3.8, 4) is 34.0 Å². The number of hydrogen-bond acceptors (Lipinski definition) is 7. The summed E-state index contributed by atoms with van der Waals surface area (Å²) in [5.74, 6) is -1.19. The van der Waals surface area contributed by atoms with Crippen molar-refractivity contribution in [2.24, 2.45) is 0 Å². The third-order valence-electron chi connectivity index (χ3n) is 4.51. The molecule has 0 spiro atoms. The molecular weight excluding hydrogens is 372 g/mol. The van der Waals surface area contributed by atoms with Crippen molar-refractivity contribution in [3.63, 3.8) is 0 Å². The van der Waals surface area contributed by atoms with E-state index in [1.165, 1.54) is 24.3 Å². The molecule has 29 heavy (non-hydrogen) atoms. The lowest BCUT2D eigenvalue weighted by Crippen LogP contribution is -2.00. The zero-order valence-corrected chi connectivity index (χ0v) is 15.0. The van der Waals surface area contributed by atoms with Gasteiger partial charge in [-0.15, -0.1) is 0 Å². The molecule has 0 amide bonds. The van der Waals surface area contributed by atoms with E-state index in [1.54, 1.807) is 30.3 Å². The molecule has 0 aliphatic heterocycles. The maximum absolute atomic E-state index is 11.3. The molecule has 4 aromatic rings. The Labute approximate surface area is 164 Å². The summed E-state index contributed by atoms with van der Waals surface area (Å²) >= 11 is 0. The third kappa shape index (κ3) is 3.23. The number of phenolic OH excluding ortho intramolecular Hbond substituents is 2. The molecule has 1 heterocycles. The SMILES string of the molecule is Nc1cc(-c2nc3ccc(C(=O)O)cc3nc2-c2ccc(O)c(N)c2)ccc1O. The fraction of sp³-hybridized carbons (Fsp3) is 0. The Morgan fingerprint density at radius 3 is 1.72 bits per heavy atom. The zero-order valence-electron chi connectivity index (χ0n) is 15.0. The van der Waals surface area contributed by atoms with Gasteiger partial charge in [-0.05, 0) is 54.6 Å². The van der Waals surface area contributed by atoms with Crippen LogP contribution < -0.4 is 11.5 Å². The van der Waals surface area contributed by atoms with Gasteiger partial charge in [-0.2, -0.15) is 0 Å². The minimum absolute atomic E-state index is 0.0518. The summed E-state index contributed by atoms with van der Waals surface area (Å²) in [6.07, 6.45) is 0. The number of aromatic carboxylic acids is 1. The quantitative estimate of drug-likeness (QED) is 0.264. The molecule has 0 unspecified atom stereocenters. The zero-order chi connectivity index (χ0) is 20.7. The number of aromatic nitrogens is 2. The van der Waals surface area contributed by atoms with Crippen molar-refractivity contribution in [1.82, 2.24) is 9.97 Å². The van der Waals surface area contributed by atoms with Crippen molar-refractivity contribution in [2.75, 3.05) is 11.5 Å². The van der Waals surface area contributed by atoms with Crippen LogP contribution in [0.15, 0.2) is 54.6 Å². The molecule has 7 N–H and O–H groups in total. The molecule has 1 aromatic heterocycles.